The maximum Gasteiger partial charge on any atom is 0.223 e. The lowest BCUT2D eigenvalue weighted by Crippen LogP contribution is -2.39. The van der Waals surface area contributed by atoms with Crippen molar-refractivity contribution in [3.8, 4) is 17.2 Å². The van der Waals surface area contributed by atoms with Crippen LogP contribution in [0.3, 0.4) is 0 Å². The molecular weight excluding hydrogens is 390 g/mol. The lowest BCUT2D eigenvalue weighted by Gasteiger charge is -2.32. The second-order valence-corrected chi connectivity index (χ2v) is 8.93. The minimum atomic E-state index is -0.313. The fourth-order valence-corrected chi connectivity index (χ4v) is 4.44. The van der Waals surface area contributed by atoms with Crippen molar-refractivity contribution < 1.29 is 19.4 Å². The number of piperidine rings is 1. The second-order valence-electron chi connectivity index (χ2n) is 8.93. The van der Waals surface area contributed by atoms with Gasteiger partial charge in [-0.3, -0.25) is 4.79 Å². The summed E-state index contributed by atoms with van der Waals surface area (Å²) in [6.45, 7) is 8.11. The van der Waals surface area contributed by atoms with Gasteiger partial charge in [-0.05, 0) is 35.8 Å². The topological polar surface area (TPSA) is 59.0 Å². The van der Waals surface area contributed by atoms with Crippen LogP contribution in [0.5, 0.6) is 17.2 Å². The van der Waals surface area contributed by atoms with Crippen LogP contribution in [0.15, 0.2) is 36.4 Å². The Morgan fingerprint density at radius 3 is 2.39 bits per heavy atom. The quantitative estimate of drug-likeness (QED) is 0.653. The molecule has 1 fully saturated rings. The molecule has 0 aromatic heterocycles. The van der Waals surface area contributed by atoms with Gasteiger partial charge in [0.05, 0.1) is 14.2 Å². The second kappa shape index (κ2) is 10.1. The van der Waals surface area contributed by atoms with E-state index in [1.165, 1.54) is 5.56 Å². The van der Waals surface area contributed by atoms with E-state index in [9.17, 15) is 9.90 Å². The Balaban J connectivity index is 2.01. The van der Waals surface area contributed by atoms with Gasteiger partial charge in [0, 0.05) is 43.1 Å². The molecule has 0 bridgehead atoms. The van der Waals surface area contributed by atoms with Crippen molar-refractivity contribution in [1.82, 2.24) is 4.90 Å². The fraction of sp³-hybridized carbons (Fsp3) is 0.500. The minimum Gasteiger partial charge on any atom is -0.507 e. The van der Waals surface area contributed by atoms with E-state index in [-0.39, 0.29) is 24.0 Å². The third kappa shape index (κ3) is 5.33. The first kappa shape index (κ1) is 23.0. The molecule has 3 rings (SSSR count). The molecule has 1 saturated heterocycles. The Hall–Kier alpha value is -2.69. The van der Waals surface area contributed by atoms with Gasteiger partial charge in [-0.25, -0.2) is 0 Å². The summed E-state index contributed by atoms with van der Waals surface area (Å²) in [5, 5.41) is 10.9. The summed E-state index contributed by atoms with van der Waals surface area (Å²) in [5.41, 5.74) is 2.85. The van der Waals surface area contributed by atoms with Crippen LogP contribution >= 0.6 is 0 Å². The number of nitrogens with zero attached hydrogens (tertiary/aromatic N) is 1. The Kier molecular flexibility index (Phi) is 7.47. The van der Waals surface area contributed by atoms with Crippen LogP contribution in [0, 0.1) is 5.92 Å². The van der Waals surface area contributed by atoms with Crippen molar-refractivity contribution in [2.75, 3.05) is 27.3 Å². The SMILES string of the molecule is COc1cc(O)c(C(CC(=O)N2CCCC(C)C2)c2ccc(C(C)C)cc2)c(OC)c1. The first-order chi connectivity index (χ1) is 14.8. The third-order valence-corrected chi connectivity index (χ3v) is 6.29. The van der Waals surface area contributed by atoms with Gasteiger partial charge in [0.15, 0.2) is 0 Å². The van der Waals surface area contributed by atoms with Gasteiger partial charge in [-0.2, -0.15) is 0 Å². The van der Waals surface area contributed by atoms with Crippen LogP contribution in [0.2, 0.25) is 0 Å². The molecule has 1 N–H and O–H groups in total. The van der Waals surface area contributed by atoms with E-state index in [2.05, 4.69) is 45.0 Å². The number of rotatable bonds is 7. The predicted octanol–water partition coefficient (Wildman–Crippen LogP) is 5.31. The van der Waals surface area contributed by atoms with Crippen molar-refractivity contribution in [2.24, 2.45) is 5.92 Å². The maximum absolute atomic E-state index is 13.3. The highest BCUT2D eigenvalue weighted by atomic mass is 16.5. The first-order valence-electron chi connectivity index (χ1n) is 11.2. The molecule has 0 spiro atoms. The molecule has 2 unspecified atom stereocenters. The molecular formula is C26H35NO4. The fourth-order valence-electron chi connectivity index (χ4n) is 4.44. The number of carbonyl (C=O) groups is 1. The monoisotopic (exact) mass is 425 g/mol. The number of phenolic OH excluding ortho intramolecular Hbond substituents is 1. The van der Waals surface area contributed by atoms with E-state index < -0.39 is 0 Å². The van der Waals surface area contributed by atoms with E-state index in [1.807, 2.05) is 4.90 Å². The minimum absolute atomic E-state index is 0.0777. The van der Waals surface area contributed by atoms with Crippen LogP contribution in [0.1, 0.15) is 68.6 Å². The van der Waals surface area contributed by atoms with E-state index in [0.717, 1.165) is 31.5 Å². The number of phenols is 1. The Morgan fingerprint density at radius 1 is 1.13 bits per heavy atom. The summed E-state index contributed by atoms with van der Waals surface area (Å²) in [4.78, 5) is 15.3. The number of methoxy groups -OCH3 is 2. The van der Waals surface area contributed by atoms with Crippen molar-refractivity contribution in [3.63, 3.8) is 0 Å². The van der Waals surface area contributed by atoms with Gasteiger partial charge in [0.25, 0.3) is 0 Å². The van der Waals surface area contributed by atoms with Crippen molar-refractivity contribution >= 4 is 5.91 Å². The molecule has 1 amide bonds. The summed E-state index contributed by atoms with van der Waals surface area (Å²) in [6.07, 6.45) is 2.48. The van der Waals surface area contributed by atoms with Crippen LogP contribution in [-0.2, 0) is 4.79 Å². The van der Waals surface area contributed by atoms with Gasteiger partial charge < -0.3 is 19.5 Å². The molecule has 5 nitrogen and oxygen atoms in total. The average molecular weight is 426 g/mol. The zero-order chi connectivity index (χ0) is 22.5. The van der Waals surface area contributed by atoms with E-state index in [0.29, 0.717) is 28.9 Å². The molecule has 2 aromatic rings. The molecule has 1 heterocycles. The molecule has 1 aliphatic heterocycles. The highest BCUT2D eigenvalue weighted by molar-refractivity contribution is 5.78. The predicted molar refractivity (Wildman–Crippen MR) is 123 cm³/mol. The van der Waals surface area contributed by atoms with E-state index in [1.54, 1.807) is 26.4 Å². The zero-order valence-corrected chi connectivity index (χ0v) is 19.4. The molecule has 5 heteroatoms. The van der Waals surface area contributed by atoms with Crippen molar-refractivity contribution in [2.45, 2.75) is 51.9 Å². The Labute approximate surface area is 186 Å². The maximum atomic E-state index is 13.3. The number of likely N-dealkylation sites (tertiary alicyclic amines) is 1. The smallest absolute Gasteiger partial charge is 0.223 e. The van der Waals surface area contributed by atoms with Gasteiger partial charge in [-0.1, -0.05) is 45.0 Å². The molecule has 2 aromatic carbocycles. The zero-order valence-electron chi connectivity index (χ0n) is 19.4. The number of benzene rings is 2. The number of amides is 1. The summed E-state index contributed by atoms with van der Waals surface area (Å²) in [5.74, 6) is 1.86. The van der Waals surface area contributed by atoms with Gasteiger partial charge >= 0.3 is 0 Å². The van der Waals surface area contributed by atoms with Crippen molar-refractivity contribution in [3.05, 3.63) is 53.1 Å². The standard InChI is InChI=1S/C26H35NO4/c1-17(2)19-8-10-20(11-9-19)22(15-25(29)27-12-6-7-18(3)16-27)26-23(28)13-21(30-4)14-24(26)31-5/h8-11,13-14,17-18,22,28H,6-7,12,15-16H2,1-5H3. The van der Waals surface area contributed by atoms with Gasteiger partial charge in [-0.15, -0.1) is 0 Å². The van der Waals surface area contributed by atoms with Crippen LogP contribution in [0.25, 0.3) is 0 Å². The summed E-state index contributed by atoms with van der Waals surface area (Å²) < 4.78 is 10.9. The number of ether oxygens (including phenoxy) is 2. The summed E-state index contributed by atoms with van der Waals surface area (Å²) in [6, 6.07) is 11.7. The number of aromatic hydroxyl groups is 1. The van der Waals surface area contributed by atoms with E-state index >= 15 is 0 Å². The molecule has 31 heavy (non-hydrogen) atoms. The van der Waals surface area contributed by atoms with Gasteiger partial charge in [0.2, 0.25) is 5.91 Å². The number of carbonyl (C=O) groups excluding carboxylic acids is 1. The molecule has 168 valence electrons. The molecule has 1 aliphatic rings. The first-order valence-corrected chi connectivity index (χ1v) is 11.2. The normalized spacial score (nSPS) is 17.5. The van der Waals surface area contributed by atoms with Gasteiger partial charge in [0.1, 0.15) is 17.2 Å². The highest BCUT2D eigenvalue weighted by Crippen LogP contribution is 2.43. The highest BCUT2D eigenvalue weighted by Gasteiger charge is 2.29. The largest absolute Gasteiger partial charge is 0.507 e. The summed E-state index contributed by atoms with van der Waals surface area (Å²) in [7, 11) is 3.13. The van der Waals surface area contributed by atoms with Crippen molar-refractivity contribution in [1.29, 1.82) is 0 Å². The van der Waals surface area contributed by atoms with Crippen LogP contribution in [-0.4, -0.2) is 43.2 Å². The molecule has 0 radical (unpaired) electrons. The number of hydrogen-bond donors (Lipinski definition) is 1. The average Bonchev–Trinajstić information content (AvgIpc) is 2.77. The van der Waals surface area contributed by atoms with Crippen LogP contribution in [0.4, 0.5) is 0 Å². The molecule has 0 saturated carbocycles. The lowest BCUT2D eigenvalue weighted by molar-refractivity contribution is -0.133. The van der Waals surface area contributed by atoms with Crippen LogP contribution < -0.4 is 9.47 Å². The lowest BCUT2D eigenvalue weighted by atomic mass is 9.85. The number of hydrogen-bond acceptors (Lipinski definition) is 4. The Morgan fingerprint density at radius 2 is 1.81 bits per heavy atom. The van der Waals surface area contributed by atoms with E-state index in [4.69, 9.17) is 9.47 Å². The Bertz CT molecular complexity index is 891. The third-order valence-electron chi connectivity index (χ3n) is 6.29. The molecule has 2 atom stereocenters. The summed E-state index contributed by atoms with van der Waals surface area (Å²) >= 11 is 0. The molecule has 0 aliphatic carbocycles.